The van der Waals surface area contributed by atoms with E-state index in [1.165, 1.54) is 4.90 Å². The Bertz CT molecular complexity index is 760. The molecule has 2 amide bonds. The van der Waals surface area contributed by atoms with Crippen LogP contribution in [0.1, 0.15) is 31.8 Å². The fraction of sp³-hybridized carbons (Fsp3) is 0.125. The number of rotatable bonds is 1. The van der Waals surface area contributed by atoms with Crippen LogP contribution >= 0.6 is 27.5 Å². The van der Waals surface area contributed by atoms with E-state index in [2.05, 4.69) is 15.9 Å². The van der Waals surface area contributed by atoms with Gasteiger partial charge in [-0.2, -0.15) is 0 Å². The Morgan fingerprint density at radius 3 is 2.00 bits per heavy atom. The summed E-state index contributed by atoms with van der Waals surface area (Å²) in [5, 5.41) is 0.456. The molecule has 1 aliphatic heterocycles. The van der Waals surface area contributed by atoms with Gasteiger partial charge in [0.15, 0.2) is 0 Å². The smallest absolute Gasteiger partial charge is 0.266 e. The molecule has 0 aromatic heterocycles. The number of hydrogen-bond donors (Lipinski definition) is 0. The first-order chi connectivity index (χ1) is 9.93. The van der Waals surface area contributed by atoms with Crippen LogP contribution in [0.5, 0.6) is 0 Å². The molecule has 0 saturated carbocycles. The molecule has 0 saturated heterocycles. The molecule has 1 heterocycles. The molecule has 0 atom stereocenters. The van der Waals surface area contributed by atoms with Gasteiger partial charge < -0.3 is 0 Å². The molecule has 3 rings (SSSR count). The van der Waals surface area contributed by atoms with Gasteiger partial charge >= 0.3 is 0 Å². The topological polar surface area (TPSA) is 37.4 Å². The SMILES string of the molecule is Cc1ccc(C)c2c1C(=O)N(c1cccc(Cl)c1Br)C2=O. The number of benzene rings is 2. The summed E-state index contributed by atoms with van der Waals surface area (Å²) >= 11 is 9.41. The van der Waals surface area contributed by atoms with Gasteiger partial charge in [0, 0.05) is 0 Å². The lowest BCUT2D eigenvalue weighted by Crippen LogP contribution is -2.30. The van der Waals surface area contributed by atoms with Gasteiger partial charge in [0.05, 0.1) is 26.3 Å². The van der Waals surface area contributed by atoms with Crippen molar-refractivity contribution in [3.63, 3.8) is 0 Å². The lowest BCUT2D eigenvalue weighted by Gasteiger charge is -2.16. The van der Waals surface area contributed by atoms with Gasteiger partial charge in [-0.1, -0.05) is 29.8 Å². The quantitative estimate of drug-likeness (QED) is 0.698. The maximum atomic E-state index is 12.7. The van der Waals surface area contributed by atoms with E-state index in [-0.39, 0.29) is 11.8 Å². The summed E-state index contributed by atoms with van der Waals surface area (Å²) in [4.78, 5) is 26.6. The number of anilines is 1. The van der Waals surface area contributed by atoms with Gasteiger partial charge in [0.2, 0.25) is 0 Å². The van der Waals surface area contributed by atoms with Crippen molar-refractivity contribution in [2.24, 2.45) is 0 Å². The number of imide groups is 1. The van der Waals surface area contributed by atoms with Crippen LogP contribution in [-0.2, 0) is 0 Å². The molecule has 1 aliphatic rings. The van der Waals surface area contributed by atoms with Crippen LogP contribution in [0, 0.1) is 13.8 Å². The molecule has 5 heteroatoms. The number of aryl methyl sites for hydroxylation is 2. The highest BCUT2D eigenvalue weighted by atomic mass is 79.9. The zero-order valence-corrected chi connectivity index (χ0v) is 13.7. The zero-order valence-electron chi connectivity index (χ0n) is 11.4. The molecule has 0 bridgehead atoms. The molecule has 106 valence electrons. The molecule has 0 unspecified atom stereocenters. The van der Waals surface area contributed by atoms with Crippen LogP contribution in [0.3, 0.4) is 0 Å². The van der Waals surface area contributed by atoms with Crippen molar-refractivity contribution in [3.05, 3.63) is 62.1 Å². The van der Waals surface area contributed by atoms with Crippen molar-refractivity contribution in [2.45, 2.75) is 13.8 Å². The Balaban J connectivity index is 2.23. The number of carbonyl (C=O) groups excluding carboxylic acids is 2. The van der Waals surface area contributed by atoms with Crippen LogP contribution in [0.2, 0.25) is 5.02 Å². The predicted molar refractivity (Wildman–Crippen MR) is 86.2 cm³/mol. The monoisotopic (exact) mass is 363 g/mol. The first kappa shape index (κ1) is 14.3. The third-order valence-corrected chi connectivity index (χ3v) is 5.00. The Hall–Kier alpha value is -1.65. The van der Waals surface area contributed by atoms with Crippen molar-refractivity contribution in [1.29, 1.82) is 0 Å². The lowest BCUT2D eigenvalue weighted by molar-refractivity contribution is 0.0926. The normalized spacial score (nSPS) is 13.8. The number of amides is 2. The van der Waals surface area contributed by atoms with E-state index in [1.54, 1.807) is 18.2 Å². The van der Waals surface area contributed by atoms with E-state index in [1.807, 2.05) is 26.0 Å². The average molecular weight is 365 g/mol. The molecule has 0 radical (unpaired) electrons. The van der Waals surface area contributed by atoms with E-state index in [0.29, 0.717) is 26.3 Å². The van der Waals surface area contributed by atoms with Crippen LogP contribution in [0.4, 0.5) is 5.69 Å². The highest BCUT2D eigenvalue weighted by molar-refractivity contribution is 9.10. The van der Waals surface area contributed by atoms with Crippen LogP contribution in [0.25, 0.3) is 0 Å². The molecular formula is C16H11BrClNO2. The van der Waals surface area contributed by atoms with Crippen LogP contribution < -0.4 is 4.90 Å². The molecule has 0 aliphatic carbocycles. The van der Waals surface area contributed by atoms with Gasteiger partial charge in [-0.05, 0) is 53.0 Å². The molecule has 2 aromatic rings. The first-order valence-electron chi connectivity index (χ1n) is 6.36. The van der Waals surface area contributed by atoms with Gasteiger partial charge in [-0.15, -0.1) is 0 Å². The van der Waals surface area contributed by atoms with Crippen LogP contribution in [-0.4, -0.2) is 11.8 Å². The second-order valence-electron chi connectivity index (χ2n) is 4.97. The molecular weight excluding hydrogens is 354 g/mol. The molecule has 0 N–H and O–H groups in total. The Morgan fingerprint density at radius 1 is 0.952 bits per heavy atom. The standard InChI is InChI=1S/C16H11BrClNO2/c1-8-6-7-9(2)13-12(8)15(20)19(16(13)21)11-5-3-4-10(18)14(11)17/h3-7H,1-2H3. The fourth-order valence-electron chi connectivity index (χ4n) is 2.56. The van der Waals surface area contributed by atoms with Crippen molar-refractivity contribution in [1.82, 2.24) is 0 Å². The van der Waals surface area contributed by atoms with E-state index >= 15 is 0 Å². The van der Waals surface area contributed by atoms with Crippen molar-refractivity contribution in [3.8, 4) is 0 Å². The number of carbonyl (C=O) groups is 2. The first-order valence-corrected chi connectivity index (χ1v) is 7.53. The molecule has 0 spiro atoms. The summed E-state index contributed by atoms with van der Waals surface area (Å²) in [5.41, 5.74) is 3.02. The van der Waals surface area contributed by atoms with Crippen LogP contribution in [0.15, 0.2) is 34.8 Å². The number of fused-ring (bicyclic) bond motifs is 1. The van der Waals surface area contributed by atoms with Crippen molar-refractivity contribution in [2.75, 3.05) is 4.90 Å². The largest absolute Gasteiger partial charge is 0.268 e. The molecule has 3 nitrogen and oxygen atoms in total. The third kappa shape index (κ3) is 2.01. The van der Waals surface area contributed by atoms with Crippen molar-refractivity contribution >= 4 is 45.0 Å². The third-order valence-electron chi connectivity index (χ3n) is 3.63. The Kier molecular flexibility index (Phi) is 3.38. The van der Waals surface area contributed by atoms with Gasteiger partial charge in [-0.25, -0.2) is 4.90 Å². The summed E-state index contributed by atoms with van der Waals surface area (Å²) in [6, 6.07) is 8.82. The fourth-order valence-corrected chi connectivity index (χ4v) is 3.17. The summed E-state index contributed by atoms with van der Waals surface area (Å²) in [7, 11) is 0. The predicted octanol–water partition coefficient (Wildman–Crippen LogP) is 4.52. The van der Waals surface area contributed by atoms with Crippen molar-refractivity contribution < 1.29 is 9.59 Å². The minimum atomic E-state index is -0.306. The second kappa shape index (κ2) is 4.97. The van der Waals surface area contributed by atoms with Gasteiger partial charge in [0.1, 0.15) is 0 Å². The molecule has 2 aromatic carbocycles. The van der Waals surface area contributed by atoms with E-state index in [9.17, 15) is 9.59 Å². The molecule has 0 fully saturated rings. The highest BCUT2D eigenvalue weighted by Crippen LogP contribution is 2.38. The van der Waals surface area contributed by atoms with Gasteiger partial charge in [0.25, 0.3) is 11.8 Å². The average Bonchev–Trinajstić information content (AvgIpc) is 2.71. The van der Waals surface area contributed by atoms with E-state index in [4.69, 9.17) is 11.6 Å². The van der Waals surface area contributed by atoms with Gasteiger partial charge in [-0.3, -0.25) is 9.59 Å². The summed E-state index contributed by atoms with van der Waals surface area (Å²) < 4.78 is 0.538. The Labute approximate surface area is 135 Å². The molecule has 21 heavy (non-hydrogen) atoms. The number of halogens is 2. The lowest BCUT2D eigenvalue weighted by atomic mass is 9.99. The summed E-state index contributed by atoms with van der Waals surface area (Å²) in [6.45, 7) is 3.67. The number of nitrogens with zero attached hydrogens (tertiary/aromatic N) is 1. The van der Waals surface area contributed by atoms with E-state index in [0.717, 1.165) is 11.1 Å². The maximum absolute atomic E-state index is 12.7. The minimum absolute atomic E-state index is 0.306. The summed E-state index contributed by atoms with van der Waals surface area (Å²) in [5.74, 6) is -0.613. The second-order valence-corrected chi connectivity index (χ2v) is 6.17. The minimum Gasteiger partial charge on any atom is -0.268 e. The maximum Gasteiger partial charge on any atom is 0.266 e. The highest BCUT2D eigenvalue weighted by Gasteiger charge is 2.39. The summed E-state index contributed by atoms with van der Waals surface area (Å²) in [6.07, 6.45) is 0. The zero-order chi connectivity index (χ0) is 15.3. The van der Waals surface area contributed by atoms with E-state index < -0.39 is 0 Å². The number of hydrogen-bond acceptors (Lipinski definition) is 2. The Morgan fingerprint density at radius 2 is 1.48 bits per heavy atom.